The van der Waals surface area contributed by atoms with Crippen molar-refractivity contribution in [2.75, 3.05) is 6.61 Å². The second-order valence-corrected chi connectivity index (χ2v) is 5.62. The van der Waals surface area contributed by atoms with Crippen molar-refractivity contribution in [1.29, 1.82) is 0 Å². The van der Waals surface area contributed by atoms with Gasteiger partial charge in [-0.05, 0) is 75.3 Å². The molecule has 0 bridgehead atoms. The predicted molar refractivity (Wildman–Crippen MR) is 79.1 cm³/mol. The smallest absolute Gasteiger partial charge is 0.119 e. The fourth-order valence-corrected chi connectivity index (χ4v) is 3.08. The summed E-state index contributed by atoms with van der Waals surface area (Å²) in [5.41, 5.74) is 4.20. The SMILES string of the molecule is CCOc1cc(C)c(C(CC)CC2OC2C)c(C)c1. The zero-order chi connectivity index (χ0) is 14.0. The fourth-order valence-electron chi connectivity index (χ4n) is 3.08. The number of epoxide rings is 1. The van der Waals surface area contributed by atoms with Gasteiger partial charge in [-0.25, -0.2) is 0 Å². The van der Waals surface area contributed by atoms with E-state index in [1.54, 1.807) is 0 Å². The van der Waals surface area contributed by atoms with Gasteiger partial charge in [-0.3, -0.25) is 0 Å². The monoisotopic (exact) mass is 262 g/mol. The summed E-state index contributed by atoms with van der Waals surface area (Å²) in [5.74, 6) is 1.60. The summed E-state index contributed by atoms with van der Waals surface area (Å²) in [7, 11) is 0. The minimum Gasteiger partial charge on any atom is -0.494 e. The van der Waals surface area contributed by atoms with E-state index >= 15 is 0 Å². The first kappa shape index (κ1) is 14.4. The topological polar surface area (TPSA) is 21.8 Å². The third kappa shape index (κ3) is 3.30. The molecule has 1 fully saturated rings. The van der Waals surface area contributed by atoms with E-state index in [9.17, 15) is 0 Å². The Balaban J connectivity index is 2.21. The normalized spacial score (nSPS) is 23.2. The van der Waals surface area contributed by atoms with Gasteiger partial charge in [-0.1, -0.05) is 6.92 Å². The van der Waals surface area contributed by atoms with Crippen LogP contribution < -0.4 is 4.74 Å². The maximum atomic E-state index is 5.62. The Morgan fingerprint density at radius 3 is 2.21 bits per heavy atom. The number of ether oxygens (including phenoxy) is 2. The van der Waals surface area contributed by atoms with Gasteiger partial charge >= 0.3 is 0 Å². The maximum absolute atomic E-state index is 5.62. The highest BCUT2D eigenvalue weighted by atomic mass is 16.6. The molecule has 2 nitrogen and oxygen atoms in total. The quantitative estimate of drug-likeness (QED) is 0.710. The van der Waals surface area contributed by atoms with Crippen LogP contribution in [-0.4, -0.2) is 18.8 Å². The summed E-state index contributed by atoms with van der Waals surface area (Å²) in [6.07, 6.45) is 3.24. The Bertz CT molecular complexity index is 416. The number of rotatable bonds is 6. The summed E-state index contributed by atoms with van der Waals surface area (Å²) in [5, 5.41) is 0. The molecular weight excluding hydrogens is 236 g/mol. The minimum absolute atomic E-state index is 0.456. The molecule has 2 heteroatoms. The van der Waals surface area contributed by atoms with E-state index in [0.29, 0.717) is 18.1 Å². The van der Waals surface area contributed by atoms with Crippen molar-refractivity contribution < 1.29 is 9.47 Å². The molecule has 1 aliphatic rings. The van der Waals surface area contributed by atoms with Crippen LogP contribution in [0.25, 0.3) is 0 Å². The van der Waals surface area contributed by atoms with Crippen molar-refractivity contribution in [3.63, 3.8) is 0 Å². The van der Waals surface area contributed by atoms with E-state index < -0.39 is 0 Å². The summed E-state index contributed by atoms with van der Waals surface area (Å²) in [6, 6.07) is 4.34. The van der Waals surface area contributed by atoms with Gasteiger partial charge in [-0.2, -0.15) is 0 Å². The zero-order valence-electron chi connectivity index (χ0n) is 12.8. The molecule has 0 radical (unpaired) electrons. The lowest BCUT2D eigenvalue weighted by Crippen LogP contribution is -2.07. The highest BCUT2D eigenvalue weighted by Gasteiger charge is 2.36. The molecule has 19 heavy (non-hydrogen) atoms. The molecule has 0 aliphatic carbocycles. The van der Waals surface area contributed by atoms with Crippen molar-refractivity contribution in [2.45, 2.75) is 65.6 Å². The number of benzene rings is 1. The zero-order valence-corrected chi connectivity index (χ0v) is 12.8. The lowest BCUT2D eigenvalue weighted by atomic mass is 9.85. The Hall–Kier alpha value is -1.02. The molecule has 1 aromatic carbocycles. The van der Waals surface area contributed by atoms with Crippen LogP contribution in [0.1, 0.15) is 56.2 Å². The van der Waals surface area contributed by atoms with Gasteiger partial charge in [0.05, 0.1) is 18.8 Å². The summed E-state index contributed by atoms with van der Waals surface area (Å²) in [6.45, 7) is 11.6. The van der Waals surface area contributed by atoms with Crippen molar-refractivity contribution in [2.24, 2.45) is 0 Å². The first-order valence-electron chi connectivity index (χ1n) is 7.46. The molecule has 1 aromatic rings. The first-order chi connectivity index (χ1) is 9.06. The van der Waals surface area contributed by atoms with Gasteiger partial charge in [-0.15, -0.1) is 0 Å². The Kier molecular flexibility index (Phi) is 4.51. The highest BCUT2D eigenvalue weighted by molar-refractivity contribution is 5.43. The van der Waals surface area contributed by atoms with E-state index in [1.165, 1.54) is 23.1 Å². The van der Waals surface area contributed by atoms with Crippen molar-refractivity contribution in [3.8, 4) is 5.75 Å². The molecule has 3 atom stereocenters. The third-order valence-corrected chi connectivity index (χ3v) is 4.13. The summed E-state index contributed by atoms with van der Waals surface area (Å²) < 4.78 is 11.2. The van der Waals surface area contributed by atoms with Crippen LogP contribution in [0, 0.1) is 13.8 Å². The molecule has 2 rings (SSSR count). The van der Waals surface area contributed by atoms with Crippen LogP contribution >= 0.6 is 0 Å². The molecular formula is C17H26O2. The Labute approximate surface area is 117 Å². The average molecular weight is 262 g/mol. The van der Waals surface area contributed by atoms with Gasteiger partial charge in [0.15, 0.2) is 0 Å². The highest BCUT2D eigenvalue weighted by Crippen LogP contribution is 2.38. The molecule has 0 saturated carbocycles. The molecule has 0 amide bonds. The van der Waals surface area contributed by atoms with E-state index in [0.717, 1.165) is 18.8 Å². The molecule has 106 valence electrons. The summed E-state index contributed by atoms with van der Waals surface area (Å²) >= 11 is 0. The maximum Gasteiger partial charge on any atom is 0.119 e. The second kappa shape index (κ2) is 5.96. The predicted octanol–water partition coefficient (Wildman–Crippen LogP) is 4.37. The molecule has 0 spiro atoms. The third-order valence-electron chi connectivity index (χ3n) is 4.13. The van der Waals surface area contributed by atoms with E-state index in [2.05, 4.69) is 39.8 Å². The molecule has 1 heterocycles. The number of hydrogen-bond donors (Lipinski definition) is 0. The van der Waals surface area contributed by atoms with Gasteiger partial charge in [0, 0.05) is 0 Å². The number of hydrogen-bond acceptors (Lipinski definition) is 2. The molecule has 1 aliphatic heterocycles. The van der Waals surface area contributed by atoms with Crippen molar-refractivity contribution >= 4 is 0 Å². The minimum atomic E-state index is 0.456. The van der Waals surface area contributed by atoms with Gasteiger partial charge in [0.25, 0.3) is 0 Å². The molecule has 0 N–H and O–H groups in total. The standard InChI is InChI=1S/C17H26O2/c1-6-14(10-16-13(5)19-16)17-11(3)8-15(18-7-2)9-12(17)4/h8-9,13-14,16H,6-7,10H2,1-5H3. The van der Waals surface area contributed by atoms with E-state index in [1.807, 2.05) is 6.92 Å². The molecule has 3 unspecified atom stereocenters. The van der Waals surface area contributed by atoms with Crippen LogP contribution in [0.3, 0.4) is 0 Å². The van der Waals surface area contributed by atoms with Crippen LogP contribution in [-0.2, 0) is 4.74 Å². The van der Waals surface area contributed by atoms with Crippen LogP contribution in [0.5, 0.6) is 5.75 Å². The molecule has 1 saturated heterocycles. The fraction of sp³-hybridized carbons (Fsp3) is 0.647. The van der Waals surface area contributed by atoms with Gasteiger partial charge in [0.1, 0.15) is 5.75 Å². The first-order valence-corrected chi connectivity index (χ1v) is 7.46. The second-order valence-electron chi connectivity index (χ2n) is 5.62. The largest absolute Gasteiger partial charge is 0.494 e. The lowest BCUT2D eigenvalue weighted by Gasteiger charge is -2.21. The Morgan fingerprint density at radius 1 is 1.21 bits per heavy atom. The average Bonchev–Trinajstić information content (AvgIpc) is 3.03. The van der Waals surface area contributed by atoms with Crippen LogP contribution in [0.15, 0.2) is 12.1 Å². The van der Waals surface area contributed by atoms with Crippen LogP contribution in [0.2, 0.25) is 0 Å². The Morgan fingerprint density at radius 2 is 1.79 bits per heavy atom. The lowest BCUT2D eigenvalue weighted by molar-refractivity contribution is 0.339. The van der Waals surface area contributed by atoms with Gasteiger partial charge < -0.3 is 9.47 Å². The summed E-state index contributed by atoms with van der Waals surface area (Å²) in [4.78, 5) is 0. The van der Waals surface area contributed by atoms with Crippen LogP contribution in [0.4, 0.5) is 0 Å². The van der Waals surface area contributed by atoms with E-state index in [4.69, 9.17) is 9.47 Å². The number of aryl methyl sites for hydroxylation is 2. The van der Waals surface area contributed by atoms with Gasteiger partial charge in [0.2, 0.25) is 0 Å². The van der Waals surface area contributed by atoms with Crippen molar-refractivity contribution in [3.05, 3.63) is 28.8 Å². The molecule has 0 aromatic heterocycles. The van der Waals surface area contributed by atoms with Crippen molar-refractivity contribution in [1.82, 2.24) is 0 Å². The van der Waals surface area contributed by atoms with E-state index in [-0.39, 0.29) is 0 Å².